The molecule has 0 aliphatic carbocycles. The fourth-order valence-electron chi connectivity index (χ4n) is 4.27. The molecule has 0 spiro atoms. The van der Waals surface area contributed by atoms with Crippen molar-refractivity contribution in [2.45, 2.75) is 38.5 Å². The first-order valence-corrected chi connectivity index (χ1v) is 14.4. The van der Waals surface area contributed by atoms with Crippen molar-refractivity contribution < 1.29 is 18.3 Å². The van der Waals surface area contributed by atoms with E-state index in [1.807, 2.05) is 36.1 Å². The van der Waals surface area contributed by atoms with Crippen molar-refractivity contribution in [3.63, 3.8) is 0 Å². The summed E-state index contributed by atoms with van der Waals surface area (Å²) in [5.41, 5.74) is 2.56. The van der Waals surface area contributed by atoms with Crippen molar-refractivity contribution >= 4 is 46.1 Å². The zero-order valence-electron chi connectivity index (χ0n) is 23.7. The summed E-state index contributed by atoms with van der Waals surface area (Å²) in [4.78, 5) is 28.0. The zero-order valence-corrected chi connectivity index (χ0v) is 24.5. The summed E-state index contributed by atoms with van der Waals surface area (Å²) in [6, 6.07) is 12.3. The smallest absolute Gasteiger partial charge is 0.324 e. The molecule has 14 heteroatoms. The Balaban J connectivity index is 1.31. The second kappa shape index (κ2) is 12.2. The van der Waals surface area contributed by atoms with Gasteiger partial charge in [0.05, 0.1) is 30.7 Å². The summed E-state index contributed by atoms with van der Waals surface area (Å²) in [7, 11) is 0. The molecule has 1 aliphatic rings. The Morgan fingerprint density at radius 1 is 1.14 bits per heavy atom. The van der Waals surface area contributed by atoms with Crippen LogP contribution in [0, 0.1) is 6.92 Å². The Morgan fingerprint density at radius 3 is 2.71 bits per heavy atom. The van der Waals surface area contributed by atoms with Crippen molar-refractivity contribution in [1.82, 2.24) is 24.7 Å². The van der Waals surface area contributed by atoms with Gasteiger partial charge in [-0.25, -0.2) is 14.5 Å². The van der Waals surface area contributed by atoms with Gasteiger partial charge in [0.25, 0.3) is 0 Å². The van der Waals surface area contributed by atoms with E-state index >= 15 is 0 Å². The van der Waals surface area contributed by atoms with Crippen LogP contribution in [-0.2, 0) is 21.2 Å². The van der Waals surface area contributed by atoms with Crippen molar-refractivity contribution in [3.05, 3.63) is 72.3 Å². The number of rotatable bonds is 7. The van der Waals surface area contributed by atoms with Crippen molar-refractivity contribution in [3.8, 4) is 5.69 Å². The summed E-state index contributed by atoms with van der Waals surface area (Å²) >= 11 is -2.34. The van der Waals surface area contributed by atoms with E-state index in [0.29, 0.717) is 35.5 Å². The highest BCUT2D eigenvalue weighted by molar-refractivity contribution is 7.79. The first-order valence-electron chi connectivity index (χ1n) is 13.3. The molecule has 3 N–H and O–H groups in total. The number of carbonyl (C=O) groups is 1. The van der Waals surface area contributed by atoms with Crippen LogP contribution in [0.25, 0.3) is 5.69 Å². The molecule has 0 radical (unpaired) electrons. The van der Waals surface area contributed by atoms with Gasteiger partial charge in [-0.1, -0.05) is 26.8 Å². The lowest BCUT2D eigenvalue weighted by Crippen LogP contribution is -2.44. The van der Waals surface area contributed by atoms with Crippen LogP contribution in [0.3, 0.4) is 0 Å². The van der Waals surface area contributed by atoms with Crippen LogP contribution in [0.2, 0.25) is 0 Å². The molecule has 42 heavy (non-hydrogen) atoms. The molecule has 1 fully saturated rings. The number of carbonyl (C=O) groups excluding carboxylic acids is 1. The van der Waals surface area contributed by atoms with E-state index in [1.165, 1.54) is 0 Å². The Hall–Kier alpha value is -4.40. The van der Waals surface area contributed by atoms with Gasteiger partial charge >= 0.3 is 6.03 Å². The van der Waals surface area contributed by atoms with Crippen LogP contribution < -0.4 is 20.9 Å². The van der Waals surface area contributed by atoms with Crippen LogP contribution in [0.5, 0.6) is 0 Å². The van der Waals surface area contributed by atoms with Gasteiger partial charge in [0.1, 0.15) is 17.1 Å². The quantitative estimate of drug-likeness (QED) is 0.267. The molecule has 1 aliphatic heterocycles. The predicted molar refractivity (Wildman–Crippen MR) is 160 cm³/mol. The molecule has 4 heterocycles. The van der Waals surface area contributed by atoms with Crippen LogP contribution in [-0.4, -0.2) is 64.7 Å². The SMILES string of the molecule is Cc1ccc(NC(=O)Nc2cc(C(C)(C)C)nn2-c2cccnc2)cc1Nc1nccc(N2CCOC(S(=O)[O-])C2)n1. The number of morpholine rings is 1. The van der Waals surface area contributed by atoms with E-state index < -0.39 is 22.5 Å². The molecule has 2 amide bonds. The standard InChI is InChI=1S/C28H33N9O4S/c1-18-7-8-19(14-21(18)32-26-30-11-9-23(33-26)36-12-13-41-25(17-36)42(39)40)31-27(38)34-24-15-22(28(2,3)4)35-37(24)20-6-5-10-29-16-20/h5-11,14-16,25H,12-13,17H2,1-4H3,(H,39,40)(H,30,32,33)(H2,31,34,38)/p-1. The highest BCUT2D eigenvalue weighted by Gasteiger charge is 2.23. The molecule has 2 unspecified atom stereocenters. The Kier molecular flexibility index (Phi) is 8.47. The van der Waals surface area contributed by atoms with E-state index in [0.717, 1.165) is 16.9 Å². The van der Waals surface area contributed by atoms with Crippen molar-refractivity contribution in [2.75, 3.05) is 40.5 Å². The third-order valence-electron chi connectivity index (χ3n) is 6.57. The average Bonchev–Trinajstić information content (AvgIpc) is 3.40. The van der Waals surface area contributed by atoms with Crippen molar-refractivity contribution in [2.24, 2.45) is 0 Å². The molecule has 13 nitrogen and oxygen atoms in total. The molecular weight excluding hydrogens is 558 g/mol. The first kappa shape index (κ1) is 29.1. The number of aryl methyl sites for hydroxylation is 1. The summed E-state index contributed by atoms with van der Waals surface area (Å²) < 4.78 is 29.7. The minimum absolute atomic E-state index is 0.178. The maximum atomic E-state index is 13.1. The number of hydrogen-bond acceptors (Lipinski definition) is 10. The number of ether oxygens (including phenoxy) is 1. The summed E-state index contributed by atoms with van der Waals surface area (Å²) in [5.74, 6) is 1.42. The first-order chi connectivity index (χ1) is 20.1. The number of nitrogens with zero attached hydrogens (tertiary/aromatic N) is 6. The number of anilines is 5. The van der Waals surface area contributed by atoms with Gasteiger partial charge in [-0.2, -0.15) is 10.1 Å². The molecule has 2 atom stereocenters. The molecule has 0 bridgehead atoms. The van der Waals surface area contributed by atoms with E-state index in [9.17, 15) is 13.6 Å². The van der Waals surface area contributed by atoms with Gasteiger partial charge in [-0.3, -0.25) is 14.5 Å². The normalized spacial score (nSPS) is 16.1. The summed E-state index contributed by atoms with van der Waals surface area (Å²) in [5, 5.41) is 13.7. The maximum Gasteiger partial charge on any atom is 0.324 e. The fourth-order valence-corrected chi connectivity index (χ4v) is 4.78. The lowest BCUT2D eigenvalue weighted by atomic mass is 9.92. The number of aromatic nitrogens is 5. The average molecular weight is 591 g/mol. The van der Waals surface area contributed by atoms with Crippen molar-refractivity contribution in [1.29, 1.82) is 0 Å². The predicted octanol–water partition coefficient (Wildman–Crippen LogP) is 4.09. The highest BCUT2D eigenvalue weighted by atomic mass is 32.2. The second-order valence-corrected chi connectivity index (χ2v) is 11.8. The third kappa shape index (κ3) is 6.90. The van der Waals surface area contributed by atoms with Gasteiger partial charge in [0, 0.05) is 41.8 Å². The molecule has 1 aromatic carbocycles. The number of urea groups is 1. The van der Waals surface area contributed by atoms with E-state index in [1.54, 1.807) is 41.5 Å². The van der Waals surface area contributed by atoms with Crippen LogP contribution >= 0.6 is 0 Å². The van der Waals surface area contributed by atoms with E-state index in [-0.39, 0.29) is 18.6 Å². The van der Waals surface area contributed by atoms with Gasteiger partial charge in [0.15, 0.2) is 0 Å². The van der Waals surface area contributed by atoms with Gasteiger partial charge in [-0.15, -0.1) is 0 Å². The minimum atomic E-state index is -2.34. The zero-order chi connectivity index (χ0) is 29.9. The number of benzene rings is 1. The molecular formula is C28H32N9O4S-. The lowest BCUT2D eigenvalue weighted by molar-refractivity contribution is 0.0894. The second-order valence-electron chi connectivity index (χ2n) is 10.8. The fraction of sp³-hybridized carbons (Fsp3) is 0.321. The van der Waals surface area contributed by atoms with E-state index in [2.05, 4.69) is 51.7 Å². The molecule has 1 saturated heterocycles. The Labute approximate surface area is 246 Å². The molecule has 5 rings (SSSR count). The Bertz CT molecular complexity index is 1590. The largest absolute Gasteiger partial charge is 0.770 e. The summed E-state index contributed by atoms with van der Waals surface area (Å²) in [6.07, 6.45) is 4.96. The van der Waals surface area contributed by atoms with Crippen LogP contribution in [0.4, 0.5) is 33.8 Å². The third-order valence-corrected chi connectivity index (χ3v) is 7.28. The summed E-state index contributed by atoms with van der Waals surface area (Å²) in [6.45, 7) is 9.05. The molecule has 0 saturated carbocycles. The number of nitrogens with one attached hydrogen (secondary N) is 3. The number of pyridine rings is 1. The van der Waals surface area contributed by atoms with Crippen LogP contribution in [0.1, 0.15) is 32.0 Å². The topological polar surface area (TPSA) is 162 Å². The minimum Gasteiger partial charge on any atom is -0.770 e. The lowest BCUT2D eigenvalue weighted by Gasteiger charge is -2.34. The Morgan fingerprint density at radius 2 is 1.98 bits per heavy atom. The molecule has 3 aromatic heterocycles. The molecule has 220 valence electrons. The highest BCUT2D eigenvalue weighted by Crippen LogP contribution is 2.27. The number of hydrogen-bond donors (Lipinski definition) is 3. The van der Waals surface area contributed by atoms with E-state index in [4.69, 9.17) is 9.84 Å². The van der Waals surface area contributed by atoms with Gasteiger partial charge < -0.3 is 24.8 Å². The monoisotopic (exact) mass is 590 g/mol. The van der Waals surface area contributed by atoms with Gasteiger partial charge in [-0.05, 0) is 53.9 Å². The number of amides is 2. The molecule has 4 aromatic rings. The van der Waals surface area contributed by atoms with Gasteiger partial charge in [0.2, 0.25) is 5.95 Å². The maximum absolute atomic E-state index is 13.1. The van der Waals surface area contributed by atoms with Crippen LogP contribution in [0.15, 0.2) is 61.1 Å².